The number of carbonyl (C=O) groups is 1. The van der Waals surface area contributed by atoms with Crippen LogP contribution in [0.2, 0.25) is 0 Å². The van der Waals surface area contributed by atoms with E-state index in [9.17, 15) is 14.9 Å². The first kappa shape index (κ1) is 22.8. The van der Waals surface area contributed by atoms with Gasteiger partial charge in [0.25, 0.3) is 11.5 Å². The number of hydrogen-bond donors (Lipinski definition) is 0. The van der Waals surface area contributed by atoms with Gasteiger partial charge in [-0.05, 0) is 23.6 Å². The standard InChI is InChI=1S/C24H21N5O5S/c1-33-17-6-7-18(22(11-17)34-2)15-9-20-19(21(30)10-15)12-28-23(25-20)26-24(27-28)35-13-14-4-3-5-16(8-14)29(31)32/h3-8,11-12,15H,9-10,13H2,1-2H3/t15-/m0/s1. The Morgan fingerprint density at radius 1 is 1.14 bits per heavy atom. The van der Waals surface area contributed by atoms with Crippen molar-refractivity contribution in [2.75, 3.05) is 14.2 Å². The first-order valence-corrected chi connectivity index (χ1v) is 11.8. The molecule has 0 aliphatic heterocycles. The van der Waals surface area contributed by atoms with Gasteiger partial charge in [-0.25, -0.2) is 9.50 Å². The maximum absolute atomic E-state index is 13.0. The lowest BCUT2D eigenvalue weighted by Gasteiger charge is -2.24. The zero-order chi connectivity index (χ0) is 24.5. The molecule has 4 aromatic rings. The maximum atomic E-state index is 13.0. The largest absolute Gasteiger partial charge is 0.497 e. The number of benzene rings is 2. The van der Waals surface area contributed by atoms with Crippen molar-refractivity contribution in [2.45, 2.75) is 29.7 Å². The maximum Gasteiger partial charge on any atom is 0.269 e. The highest BCUT2D eigenvalue weighted by molar-refractivity contribution is 7.98. The van der Waals surface area contributed by atoms with Gasteiger partial charge >= 0.3 is 0 Å². The summed E-state index contributed by atoms with van der Waals surface area (Å²) >= 11 is 1.35. The van der Waals surface area contributed by atoms with Gasteiger partial charge in [-0.15, -0.1) is 5.10 Å². The number of nitro groups is 1. The highest BCUT2D eigenvalue weighted by Gasteiger charge is 2.30. The summed E-state index contributed by atoms with van der Waals surface area (Å²) in [6.45, 7) is 0. The SMILES string of the molecule is COc1ccc([C@@H]2CC(=O)c3cn4nc(SCc5cccc([N+](=O)[O-])c5)nc4nc3C2)c(OC)c1. The molecule has 0 N–H and O–H groups in total. The van der Waals surface area contributed by atoms with Crippen molar-refractivity contribution in [3.63, 3.8) is 0 Å². The van der Waals surface area contributed by atoms with Crippen molar-refractivity contribution in [1.82, 2.24) is 19.6 Å². The predicted molar refractivity (Wildman–Crippen MR) is 128 cm³/mol. The summed E-state index contributed by atoms with van der Waals surface area (Å²) in [5.41, 5.74) is 2.99. The number of nitrogens with zero attached hydrogens (tertiary/aromatic N) is 5. The fourth-order valence-corrected chi connectivity index (χ4v) is 4.98. The van der Waals surface area contributed by atoms with Gasteiger partial charge in [0, 0.05) is 42.5 Å². The average molecular weight is 492 g/mol. The van der Waals surface area contributed by atoms with Gasteiger partial charge in [0.15, 0.2) is 5.78 Å². The molecule has 11 heteroatoms. The van der Waals surface area contributed by atoms with E-state index in [4.69, 9.17) is 9.47 Å². The van der Waals surface area contributed by atoms with Crippen LogP contribution in [0.4, 0.5) is 5.69 Å². The average Bonchev–Trinajstić information content (AvgIpc) is 3.27. The lowest BCUT2D eigenvalue weighted by molar-refractivity contribution is -0.384. The third-order valence-electron chi connectivity index (χ3n) is 5.93. The number of non-ortho nitro benzene ring substituents is 1. The summed E-state index contributed by atoms with van der Waals surface area (Å²) < 4.78 is 12.3. The van der Waals surface area contributed by atoms with Crippen LogP contribution in [0.25, 0.3) is 5.78 Å². The zero-order valence-corrected chi connectivity index (χ0v) is 19.8. The molecule has 1 atom stereocenters. The molecule has 178 valence electrons. The molecule has 0 spiro atoms. The van der Waals surface area contributed by atoms with Crippen molar-refractivity contribution >= 4 is 29.0 Å². The van der Waals surface area contributed by atoms with Gasteiger partial charge in [-0.1, -0.05) is 30.0 Å². The van der Waals surface area contributed by atoms with Gasteiger partial charge in [0.2, 0.25) is 5.16 Å². The van der Waals surface area contributed by atoms with Crippen LogP contribution < -0.4 is 9.47 Å². The Morgan fingerprint density at radius 2 is 2.00 bits per heavy atom. The smallest absolute Gasteiger partial charge is 0.269 e. The van der Waals surface area contributed by atoms with E-state index in [2.05, 4.69) is 15.1 Å². The number of Topliss-reactive ketones (excluding diaryl/α,β-unsaturated/α-hetero) is 1. The molecule has 35 heavy (non-hydrogen) atoms. The van der Waals surface area contributed by atoms with Crippen LogP contribution in [0.15, 0.2) is 53.8 Å². The quantitative estimate of drug-likeness (QED) is 0.212. The third kappa shape index (κ3) is 4.54. The molecule has 0 unspecified atom stereocenters. The molecular formula is C24H21N5O5S. The second-order valence-electron chi connectivity index (χ2n) is 8.09. The minimum Gasteiger partial charge on any atom is -0.497 e. The molecule has 10 nitrogen and oxygen atoms in total. The predicted octanol–water partition coefficient (Wildman–Crippen LogP) is 4.25. The van der Waals surface area contributed by atoms with Crippen molar-refractivity contribution < 1.29 is 19.2 Å². The Morgan fingerprint density at radius 3 is 2.77 bits per heavy atom. The van der Waals surface area contributed by atoms with Crippen molar-refractivity contribution in [1.29, 1.82) is 0 Å². The van der Waals surface area contributed by atoms with Gasteiger partial charge in [-0.3, -0.25) is 14.9 Å². The lowest BCUT2D eigenvalue weighted by atomic mass is 9.82. The van der Waals surface area contributed by atoms with Gasteiger partial charge in [0.1, 0.15) is 11.5 Å². The summed E-state index contributed by atoms with van der Waals surface area (Å²) in [7, 11) is 3.19. The molecule has 2 aromatic heterocycles. The van der Waals surface area contributed by atoms with Crippen molar-refractivity contribution in [3.05, 3.63) is 81.2 Å². The molecule has 0 bridgehead atoms. The normalized spacial score (nSPS) is 15.1. The third-order valence-corrected chi connectivity index (χ3v) is 6.84. The first-order valence-electron chi connectivity index (χ1n) is 10.8. The van der Waals surface area contributed by atoms with Crippen LogP contribution in [0.3, 0.4) is 0 Å². The molecule has 0 radical (unpaired) electrons. The minimum absolute atomic E-state index is 0.00943. The van der Waals surface area contributed by atoms with Gasteiger partial charge in [-0.2, -0.15) is 4.98 Å². The van der Waals surface area contributed by atoms with Crippen molar-refractivity contribution in [3.8, 4) is 11.5 Å². The Labute approximate surface area is 204 Å². The van der Waals surface area contributed by atoms with E-state index in [1.165, 1.54) is 28.4 Å². The van der Waals surface area contributed by atoms with E-state index < -0.39 is 4.92 Å². The number of carbonyl (C=O) groups excluding carboxylic acids is 1. The van der Waals surface area contributed by atoms with Crippen molar-refractivity contribution in [2.24, 2.45) is 0 Å². The molecule has 1 aliphatic carbocycles. The highest BCUT2D eigenvalue weighted by atomic mass is 32.2. The summed E-state index contributed by atoms with van der Waals surface area (Å²) in [6, 6.07) is 12.1. The number of thioether (sulfide) groups is 1. The molecule has 5 rings (SSSR count). The number of nitro benzene ring substituents is 1. The number of ether oxygens (including phenoxy) is 2. The highest BCUT2D eigenvalue weighted by Crippen LogP contribution is 2.38. The van der Waals surface area contributed by atoms with E-state index >= 15 is 0 Å². The van der Waals surface area contributed by atoms with Gasteiger partial charge in [0.05, 0.1) is 30.4 Å². The summed E-state index contributed by atoms with van der Waals surface area (Å²) in [5.74, 6) is 2.15. The molecule has 0 amide bonds. The number of aromatic nitrogens is 4. The van der Waals surface area contributed by atoms with Crippen LogP contribution >= 0.6 is 11.8 Å². The number of rotatable bonds is 7. The molecule has 2 aromatic carbocycles. The van der Waals surface area contributed by atoms with Crippen LogP contribution in [0.1, 0.15) is 39.5 Å². The monoisotopic (exact) mass is 491 g/mol. The molecular weight excluding hydrogens is 470 g/mol. The molecule has 0 saturated heterocycles. The van der Waals surface area contributed by atoms with Crippen LogP contribution in [0, 0.1) is 10.1 Å². The van der Waals surface area contributed by atoms with Crippen LogP contribution in [-0.2, 0) is 12.2 Å². The molecule has 0 fully saturated rings. The second kappa shape index (κ2) is 9.34. The second-order valence-corrected chi connectivity index (χ2v) is 9.03. The van der Waals surface area contributed by atoms with Crippen LogP contribution in [-0.4, -0.2) is 44.5 Å². The number of fused-ring (bicyclic) bond motifs is 2. The lowest BCUT2D eigenvalue weighted by Crippen LogP contribution is -2.21. The Hall–Kier alpha value is -3.99. The zero-order valence-electron chi connectivity index (χ0n) is 19.0. The van der Waals surface area contributed by atoms with E-state index in [-0.39, 0.29) is 17.4 Å². The Balaban J connectivity index is 1.39. The summed E-state index contributed by atoms with van der Waals surface area (Å²) in [4.78, 5) is 32.7. The van der Waals surface area contributed by atoms with Gasteiger partial charge < -0.3 is 9.47 Å². The number of ketones is 1. The molecule has 1 aliphatic rings. The van der Waals surface area contributed by atoms with E-state index in [0.29, 0.717) is 52.3 Å². The number of methoxy groups -OCH3 is 2. The minimum atomic E-state index is -0.419. The van der Waals surface area contributed by atoms with E-state index in [0.717, 1.165) is 11.1 Å². The molecule has 2 heterocycles. The Bertz CT molecular complexity index is 1450. The number of hydrogen-bond acceptors (Lipinski definition) is 9. The Kier molecular flexibility index (Phi) is 6.08. The fraction of sp³-hybridized carbons (Fsp3) is 0.250. The molecule has 0 saturated carbocycles. The fourth-order valence-electron chi connectivity index (χ4n) is 4.21. The van der Waals surface area contributed by atoms with E-state index in [1.807, 2.05) is 24.3 Å². The van der Waals surface area contributed by atoms with E-state index in [1.54, 1.807) is 26.5 Å². The topological polar surface area (TPSA) is 122 Å². The summed E-state index contributed by atoms with van der Waals surface area (Å²) in [6.07, 6.45) is 2.60. The first-order chi connectivity index (χ1) is 16.9. The van der Waals surface area contributed by atoms with Crippen LogP contribution in [0.5, 0.6) is 11.5 Å². The summed E-state index contributed by atoms with van der Waals surface area (Å²) in [5, 5.41) is 15.9.